The van der Waals surface area contributed by atoms with Crippen LogP contribution in [-0.4, -0.2) is 60.7 Å². The molecule has 0 fully saturated rings. The van der Waals surface area contributed by atoms with E-state index >= 15 is 0 Å². The molecule has 0 spiro atoms. The Bertz CT molecular complexity index is 1060. The molecule has 1 aromatic heterocycles. The molecule has 216 valence electrons. The van der Waals surface area contributed by atoms with Gasteiger partial charge in [0.15, 0.2) is 0 Å². The number of esters is 2. The highest BCUT2D eigenvalue weighted by molar-refractivity contribution is 7.09. The van der Waals surface area contributed by atoms with Crippen molar-refractivity contribution in [3.63, 3.8) is 0 Å². The fourth-order valence-electron chi connectivity index (χ4n) is 4.40. The monoisotopic (exact) mass is 557 g/mol. The Morgan fingerprint density at radius 3 is 2.54 bits per heavy atom. The summed E-state index contributed by atoms with van der Waals surface area (Å²) >= 11 is 1.55. The zero-order chi connectivity index (χ0) is 28.9. The largest absolute Gasteiger partial charge is 0.463 e. The van der Waals surface area contributed by atoms with Crippen molar-refractivity contribution in [3.05, 3.63) is 63.7 Å². The van der Waals surface area contributed by atoms with E-state index in [9.17, 15) is 9.59 Å². The molecule has 0 radical (unpaired) electrons. The summed E-state index contributed by atoms with van der Waals surface area (Å²) in [5.74, 6) is -0.310. The molecule has 2 rings (SSSR count). The second-order valence-electron chi connectivity index (χ2n) is 11.2. The van der Waals surface area contributed by atoms with Gasteiger partial charge in [0.05, 0.1) is 23.2 Å². The van der Waals surface area contributed by atoms with Crippen molar-refractivity contribution in [1.29, 1.82) is 0 Å². The minimum atomic E-state index is -0.444. The maximum absolute atomic E-state index is 12.7. The van der Waals surface area contributed by atoms with Gasteiger partial charge in [0.1, 0.15) is 6.10 Å². The van der Waals surface area contributed by atoms with Crippen LogP contribution in [0.3, 0.4) is 0 Å². The molecular weight excluding hydrogens is 510 g/mol. The van der Waals surface area contributed by atoms with Crippen LogP contribution in [0.4, 0.5) is 0 Å². The second kappa shape index (κ2) is 16.5. The normalized spacial score (nSPS) is 28.0. The predicted octanol–water partition coefficient (Wildman–Crippen LogP) is 5.74. The van der Waals surface area contributed by atoms with E-state index in [-0.39, 0.29) is 42.3 Å². The number of carbonyl (C=O) groups is 2. The molecule has 5 atom stereocenters. The Kier molecular flexibility index (Phi) is 13.8. The number of nitrogens with two attached hydrogens (primary N) is 1. The van der Waals surface area contributed by atoms with Gasteiger partial charge in [0.25, 0.3) is 0 Å². The second-order valence-corrected chi connectivity index (χ2v) is 12.1. The molecule has 0 saturated heterocycles. The lowest BCUT2D eigenvalue weighted by molar-refractivity contribution is -0.149. The predicted molar refractivity (Wildman–Crippen MR) is 160 cm³/mol. The van der Waals surface area contributed by atoms with Gasteiger partial charge in [-0.25, -0.2) is 9.78 Å². The molecule has 2 bridgehead atoms. The topological polar surface area (TPSA) is 94.8 Å². The number of thiazole rings is 1. The third kappa shape index (κ3) is 13.4. The molecule has 1 aliphatic heterocycles. The number of aromatic nitrogens is 1. The third-order valence-electron chi connectivity index (χ3n) is 6.50. The van der Waals surface area contributed by atoms with Gasteiger partial charge in [-0.15, -0.1) is 11.3 Å². The first-order chi connectivity index (χ1) is 18.4. The molecule has 0 aromatic carbocycles. The quantitative estimate of drug-likeness (QED) is 0.365. The number of ether oxygens (including phenoxy) is 2. The Hall–Kier alpha value is -2.55. The van der Waals surface area contributed by atoms with Crippen LogP contribution in [-0.2, 0) is 25.5 Å². The highest BCUT2D eigenvalue weighted by Gasteiger charge is 2.21. The molecule has 0 aliphatic carbocycles. The zero-order valence-electron chi connectivity index (χ0n) is 24.7. The third-order valence-corrected chi connectivity index (χ3v) is 7.39. The molecule has 5 unspecified atom stereocenters. The van der Waals surface area contributed by atoms with Gasteiger partial charge in [-0.05, 0) is 66.1 Å². The van der Waals surface area contributed by atoms with Crippen molar-refractivity contribution in [1.82, 2.24) is 9.88 Å². The van der Waals surface area contributed by atoms with Crippen molar-refractivity contribution in [2.45, 2.75) is 90.9 Å². The van der Waals surface area contributed by atoms with Crippen LogP contribution in [0.25, 0.3) is 0 Å². The van der Waals surface area contributed by atoms with E-state index in [0.29, 0.717) is 25.7 Å². The van der Waals surface area contributed by atoms with E-state index in [1.807, 2.05) is 51.6 Å². The molecule has 8 heteroatoms. The maximum Gasteiger partial charge on any atom is 0.331 e. The summed E-state index contributed by atoms with van der Waals surface area (Å²) in [5, 5.41) is 2.92. The van der Waals surface area contributed by atoms with Crippen LogP contribution >= 0.6 is 11.3 Å². The van der Waals surface area contributed by atoms with Crippen LogP contribution < -0.4 is 5.73 Å². The number of rotatable bonds is 5. The average molecular weight is 558 g/mol. The van der Waals surface area contributed by atoms with Crippen molar-refractivity contribution in [3.8, 4) is 0 Å². The van der Waals surface area contributed by atoms with E-state index in [1.165, 1.54) is 11.6 Å². The highest BCUT2D eigenvalue weighted by Crippen LogP contribution is 2.25. The Morgan fingerprint density at radius 2 is 1.82 bits per heavy atom. The Morgan fingerprint density at radius 1 is 1.10 bits per heavy atom. The minimum absolute atomic E-state index is 0.0957. The van der Waals surface area contributed by atoms with Crippen molar-refractivity contribution in [2.75, 3.05) is 20.6 Å². The summed E-state index contributed by atoms with van der Waals surface area (Å²) in [6.07, 6.45) is 13.6. The fourth-order valence-corrected chi connectivity index (χ4v) is 5.36. The molecule has 0 saturated carbocycles. The van der Waals surface area contributed by atoms with Crippen molar-refractivity contribution >= 4 is 23.3 Å². The Labute approximate surface area is 238 Å². The average Bonchev–Trinajstić information content (AvgIpc) is 3.29. The summed E-state index contributed by atoms with van der Waals surface area (Å²) < 4.78 is 11.5. The lowest BCUT2D eigenvalue weighted by Gasteiger charge is -2.19. The summed E-state index contributed by atoms with van der Waals surface area (Å²) in [4.78, 5) is 32.0. The maximum atomic E-state index is 12.7. The van der Waals surface area contributed by atoms with Gasteiger partial charge >= 0.3 is 11.9 Å². The van der Waals surface area contributed by atoms with E-state index < -0.39 is 6.10 Å². The number of hydrogen-bond donors (Lipinski definition) is 1. The first-order valence-corrected chi connectivity index (χ1v) is 14.7. The number of nitrogens with zero attached hydrogens (tertiary/aromatic N) is 2. The molecular formula is C31H47N3O4S. The van der Waals surface area contributed by atoms with Gasteiger partial charge in [-0.3, -0.25) is 4.79 Å². The lowest BCUT2D eigenvalue weighted by Crippen LogP contribution is -2.28. The molecule has 2 N–H and O–H groups in total. The first-order valence-electron chi connectivity index (χ1n) is 13.9. The van der Waals surface area contributed by atoms with Crippen LogP contribution in [0.1, 0.15) is 76.9 Å². The lowest BCUT2D eigenvalue weighted by atomic mass is 9.97. The summed E-state index contributed by atoms with van der Waals surface area (Å²) in [6.45, 7) is 11.0. The summed E-state index contributed by atoms with van der Waals surface area (Å²) in [5.41, 5.74) is 9.41. The molecule has 1 aromatic rings. The Balaban J connectivity index is 2.26. The summed E-state index contributed by atoms with van der Waals surface area (Å²) in [6, 6.07) is -0.298. The SMILES string of the molecule is CC(/C=C/C(C)=C/C1Cc2nc(cs2)C(C)CC(N)CC(=O)OC(C)CC(C)C/C=C\C(=O)O1)=C\CN(C)C. The molecule has 39 heavy (non-hydrogen) atoms. The smallest absolute Gasteiger partial charge is 0.331 e. The standard InChI is InChI=1S/C31H47N3O4S/c1-21(13-14-34(6)7)11-12-23(3)16-27-19-29-33-28(20-39-29)24(4)17-26(32)18-31(36)37-25(5)15-22(2)9-8-10-30(35)38-27/h8,10-13,16,20,22,24-27H,9,14-15,17-19,32H2,1-7H3/b10-8-,12-11+,21-13+,23-16+. The summed E-state index contributed by atoms with van der Waals surface area (Å²) in [7, 11) is 4.08. The van der Waals surface area contributed by atoms with Crippen LogP contribution in [0, 0.1) is 5.92 Å². The van der Waals surface area contributed by atoms with Crippen LogP contribution in [0.5, 0.6) is 0 Å². The van der Waals surface area contributed by atoms with E-state index in [0.717, 1.165) is 22.8 Å². The van der Waals surface area contributed by atoms with E-state index in [1.54, 1.807) is 11.3 Å². The van der Waals surface area contributed by atoms with Gasteiger partial charge in [0, 0.05) is 36.4 Å². The molecule has 2 heterocycles. The minimum Gasteiger partial charge on any atom is -0.463 e. The van der Waals surface area contributed by atoms with Gasteiger partial charge in [-0.2, -0.15) is 0 Å². The number of fused-ring (bicyclic) bond motifs is 2. The van der Waals surface area contributed by atoms with Gasteiger partial charge in [-0.1, -0.05) is 49.3 Å². The number of cyclic esters (lactones) is 2. The van der Waals surface area contributed by atoms with Gasteiger partial charge < -0.3 is 20.1 Å². The van der Waals surface area contributed by atoms with Crippen molar-refractivity contribution in [2.24, 2.45) is 11.7 Å². The molecule has 0 amide bonds. The number of carbonyl (C=O) groups excluding carboxylic acids is 2. The number of allylic oxidation sites excluding steroid dienone is 5. The van der Waals surface area contributed by atoms with Gasteiger partial charge in [0.2, 0.25) is 0 Å². The van der Waals surface area contributed by atoms with Crippen LogP contribution in [0.2, 0.25) is 0 Å². The van der Waals surface area contributed by atoms with Crippen molar-refractivity contribution < 1.29 is 19.1 Å². The zero-order valence-corrected chi connectivity index (χ0v) is 25.5. The van der Waals surface area contributed by atoms with E-state index in [4.69, 9.17) is 20.2 Å². The molecule has 1 aliphatic rings. The highest BCUT2D eigenvalue weighted by atomic mass is 32.1. The van der Waals surface area contributed by atoms with E-state index in [2.05, 4.69) is 37.8 Å². The molecule has 7 nitrogen and oxygen atoms in total. The van der Waals surface area contributed by atoms with Crippen LogP contribution in [0.15, 0.2) is 53.0 Å². The first kappa shape index (κ1) is 32.7. The number of hydrogen-bond acceptors (Lipinski definition) is 8. The fraction of sp³-hybridized carbons (Fsp3) is 0.581. The number of likely N-dealkylation sites (N-methyl/N-ethyl adjacent to an activating group) is 1.